The van der Waals surface area contributed by atoms with Crippen LogP contribution in [0.25, 0.3) is 10.8 Å². The maximum atomic E-state index is 4.05. The molecule has 0 amide bonds. The predicted octanol–water partition coefficient (Wildman–Crippen LogP) is 2.25. The van der Waals surface area contributed by atoms with Gasteiger partial charge >= 0.3 is 0 Å². The van der Waals surface area contributed by atoms with Crippen LogP contribution in [0.1, 0.15) is 12.6 Å². The van der Waals surface area contributed by atoms with Gasteiger partial charge in [-0.3, -0.25) is 0 Å². The highest BCUT2D eigenvalue weighted by molar-refractivity contribution is 7.09. The number of nitrogens with zero attached hydrogens (tertiary/aromatic N) is 2. The summed E-state index contributed by atoms with van der Waals surface area (Å²) in [5.41, 5.74) is 1.10. The average molecular weight is 164 g/mol. The number of aryl methyl sites for hydroxylation is 1. The smallest absolute Gasteiger partial charge is 0.0714 e. The summed E-state index contributed by atoms with van der Waals surface area (Å²) < 4.78 is 0. The number of rotatable bonds is 1. The number of fused-ring (bicyclic) bond motifs is 1. The molecule has 0 aliphatic heterocycles. The number of hydrogen-bond donors (Lipinski definition) is 0. The molecule has 0 saturated carbocycles. The number of thiophene rings is 1. The van der Waals surface area contributed by atoms with Crippen LogP contribution in [0, 0.1) is 0 Å². The fourth-order valence-corrected chi connectivity index (χ4v) is 1.93. The minimum Gasteiger partial charge on any atom is -0.158 e. The fraction of sp³-hybridized carbons (Fsp3) is 0.250. The van der Waals surface area contributed by atoms with E-state index in [1.54, 1.807) is 11.3 Å². The molecule has 0 unspecified atom stereocenters. The van der Waals surface area contributed by atoms with Gasteiger partial charge in [0.25, 0.3) is 0 Å². The molecule has 0 spiro atoms. The first kappa shape index (κ1) is 6.73. The Morgan fingerprint density at radius 2 is 2.36 bits per heavy atom. The van der Waals surface area contributed by atoms with Crippen LogP contribution in [0.15, 0.2) is 17.0 Å². The van der Waals surface area contributed by atoms with Crippen LogP contribution in [0.5, 0.6) is 0 Å². The van der Waals surface area contributed by atoms with Gasteiger partial charge in [0, 0.05) is 21.5 Å². The second-order valence-electron chi connectivity index (χ2n) is 2.39. The molecule has 0 N–H and O–H groups in total. The maximum Gasteiger partial charge on any atom is 0.0714 e. The first-order valence-electron chi connectivity index (χ1n) is 3.58. The van der Waals surface area contributed by atoms with Crippen molar-refractivity contribution in [3.05, 3.63) is 22.7 Å². The lowest BCUT2D eigenvalue weighted by Gasteiger charge is -1.94. The molecule has 0 aromatic carbocycles. The minimum atomic E-state index is 0.959. The van der Waals surface area contributed by atoms with Gasteiger partial charge in [0.15, 0.2) is 0 Å². The van der Waals surface area contributed by atoms with Gasteiger partial charge in [-0.2, -0.15) is 21.5 Å². The average Bonchev–Trinajstić information content (AvgIpc) is 2.50. The zero-order valence-corrected chi connectivity index (χ0v) is 7.06. The molecule has 0 saturated heterocycles. The zero-order valence-electron chi connectivity index (χ0n) is 6.24. The van der Waals surface area contributed by atoms with E-state index in [4.69, 9.17) is 0 Å². The molecule has 0 radical (unpaired) electrons. The molecule has 2 aromatic rings. The Balaban J connectivity index is 2.79. The van der Waals surface area contributed by atoms with E-state index < -0.39 is 0 Å². The van der Waals surface area contributed by atoms with E-state index in [-0.39, 0.29) is 0 Å². The van der Waals surface area contributed by atoms with Gasteiger partial charge in [-0.05, 0) is 6.42 Å². The monoisotopic (exact) mass is 164 g/mol. The van der Waals surface area contributed by atoms with Gasteiger partial charge in [0.2, 0.25) is 0 Å². The summed E-state index contributed by atoms with van der Waals surface area (Å²) in [4.78, 5) is 0. The third kappa shape index (κ3) is 1.01. The standard InChI is InChI=1S/C8H8N2S/c1-2-8-7-5-11-4-6(7)3-9-10-8/h3-5H,2H2,1H3. The van der Waals surface area contributed by atoms with Gasteiger partial charge < -0.3 is 0 Å². The van der Waals surface area contributed by atoms with E-state index in [1.165, 1.54) is 10.8 Å². The molecule has 2 aromatic heterocycles. The zero-order chi connectivity index (χ0) is 7.68. The predicted molar refractivity (Wildman–Crippen MR) is 46.8 cm³/mol. The third-order valence-electron chi connectivity index (χ3n) is 1.71. The van der Waals surface area contributed by atoms with E-state index in [1.807, 2.05) is 6.20 Å². The lowest BCUT2D eigenvalue weighted by molar-refractivity contribution is 0.941. The van der Waals surface area contributed by atoms with Crippen molar-refractivity contribution in [1.82, 2.24) is 10.2 Å². The summed E-state index contributed by atoms with van der Waals surface area (Å²) >= 11 is 1.70. The maximum absolute atomic E-state index is 4.05. The molecule has 11 heavy (non-hydrogen) atoms. The van der Waals surface area contributed by atoms with E-state index in [9.17, 15) is 0 Å². The second-order valence-corrected chi connectivity index (χ2v) is 3.13. The summed E-state index contributed by atoms with van der Waals surface area (Å²) in [6.07, 6.45) is 2.77. The Bertz CT molecular complexity index is 367. The molecular formula is C8H8N2S. The van der Waals surface area contributed by atoms with Gasteiger partial charge in [0.05, 0.1) is 11.9 Å². The summed E-state index contributed by atoms with van der Waals surface area (Å²) in [5, 5.41) is 14.7. The van der Waals surface area contributed by atoms with Crippen LogP contribution >= 0.6 is 11.3 Å². The molecule has 0 atom stereocenters. The van der Waals surface area contributed by atoms with Crippen LogP contribution < -0.4 is 0 Å². The molecule has 0 bridgehead atoms. The van der Waals surface area contributed by atoms with Crippen LogP contribution in [-0.2, 0) is 6.42 Å². The van der Waals surface area contributed by atoms with Crippen LogP contribution in [-0.4, -0.2) is 10.2 Å². The summed E-state index contributed by atoms with van der Waals surface area (Å²) in [6.45, 7) is 2.10. The Labute approximate surface area is 68.9 Å². The molecule has 56 valence electrons. The van der Waals surface area contributed by atoms with Crippen molar-refractivity contribution in [3.8, 4) is 0 Å². The topological polar surface area (TPSA) is 25.8 Å². The Hall–Kier alpha value is -0.960. The summed E-state index contributed by atoms with van der Waals surface area (Å²) in [5.74, 6) is 0. The lowest BCUT2D eigenvalue weighted by Crippen LogP contribution is -1.89. The van der Waals surface area contributed by atoms with Crippen molar-refractivity contribution < 1.29 is 0 Å². The van der Waals surface area contributed by atoms with Crippen molar-refractivity contribution in [2.75, 3.05) is 0 Å². The van der Waals surface area contributed by atoms with Crippen LogP contribution in [0.3, 0.4) is 0 Å². The van der Waals surface area contributed by atoms with Crippen molar-refractivity contribution in [3.63, 3.8) is 0 Å². The number of hydrogen-bond acceptors (Lipinski definition) is 3. The van der Waals surface area contributed by atoms with Crippen LogP contribution in [0.2, 0.25) is 0 Å². The summed E-state index contributed by atoms with van der Waals surface area (Å²) in [6, 6.07) is 0. The quantitative estimate of drug-likeness (QED) is 0.646. The van der Waals surface area contributed by atoms with Gasteiger partial charge in [-0.15, -0.1) is 0 Å². The molecule has 0 aliphatic rings. The van der Waals surface area contributed by atoms with E-state index in [0.29, 0.717) is 0 Å². The van der Waals surface area contributed by atoms with E-state index in [0.717, 1.165) is 12.1 Å². The van der Waals surface area contributed by atoms with E-state index >= 15 is 0 Å². The molecule has 2 rings (SSSR count). The largest absolute Gasteiger partial charge is 0.158 e. The molecule has 0 aliphatic carbocycles. The minimum absolute atomic E-state index is 0.959. The Kier molecular flexibility index (Phi) is 1.58. The summed E-state index contributed by atoms with van der Waals surface area (Å²) in [7, 11) is 0. The first-order chi connectivity index (χ1) is 5.42. The van der Waals surface area contributed by atoms with Gasteiger partial charge in [-0.1, -0.05) is 6.92 Å². The molecule has 2 heterocycles. The Morgan fingerprint density at radius 1 is 1.45 bits per heavy atom. The lowest BCUT2D eigenvalue weighted by atomic mass is 10.2. The van der Waals surface area contributed by atoms with Crippen molar-refractivity contribution in [2.24, 2.45) is 0 Å². The second kappa shape index (κ2) is 2.58. The van der Waals surface area contributed by atoms with Gasteiger partial charge in [-0.25, -0.2) is 0 Å². The molecule has 2 nitrogen and oxygen atoms in total. The van der Waals surface area contributed by atoms with Crippen molar-refractivity contribution in [2.45, 2.75) is 13.3 Å². The van der Waals surface area contributed by atoms with Crippen molar-refractivity contribution in [1.29, 1.82) is 0 Å². The Morgan fingerprint density at radius 3 is 3.18 bits per heavy atom. The van der Waals surface area contributed by atoms with Crippen LogP contribution in [0.4, 0.5) is 0 Å². The highest BCUT2D eigenvalue weighted by Crippen LogP contribution is 2.19. The first-order valence-corrected chi connectivity index (χ1v) is 4.52. The number of aromatic nitrogens is 2. The highest BCUT2D eigenvalue weighted by Gasteiger charge is 2.00. The van der Waals surface area contributed by atoms with E-state index in [2.05, 4.69) is 27.9 Å². The molecule has 0 fully saturated rings. The molecular weight excluding hydrogens is 156 g/mol. The fourth-order valence-electron chi connectivity index (χ4n) is 1.12. The SMILES string of the molecule is CCc1nncc2cscc12. The van der Waals surface area contributed by atoms with Crippen molar-refractivity contribution >= 4 is 22.1 Å². The third-order valence-corrected chi connectivity index (χ3v) is 2.47. The molecule has 3 heteroatoms. The highest BCUT2D eigenvalue weighted by atomic mass is 32.1. The van der Waals surface area contributed by atoms with Gasteiger partial charge in [0.1, 0.15) is 0 Å². The normalized spacial score (nSPS) is 10.6.